The van der Waals surface area contributed by atoms with Crippen LogP contribution in [0.15, 0.2) is 36.4 Å². The standard InChI is InChI=1S/C21H26O5/c1-15(21(22)26-12-11-25-20-5-3-4-10-24-20)16-6-7-18-14-19(23-2)9-8-17(18)13-16/h6-9,13-15,20H,3-5,10-12H2,1-2H3/t15-,20?/m0/s1. The van der Waals surface area contributed by atoms with Gasteiger partial charge >= 0.3 is 5.97 Å². The second kappa shape index (κ2) is 9.01. The van der Waals surface area contributed by atoms with Gasteiger partial charge < -0.3 is 18.9 Å². The average molecular weight is 358 g/mol. The molecule has 0 amide bonds. The van der Waals surface area contributed by atoms with E-state index in [9.17, 15) is 4.79 Å². The first-order chi connectivity index (χ1) is 12.7. The van der Waals surface area contributed by atoms with Crippen molar-refractivity contribution < 1.29 is 23.7 Å². The van der Waals surface area contributed by atoms with E-state index in [1.54, 1.807) is 7.11 Å². The Labute approximate surface area is 154 Å². The summed E-state index contributed by atoms with van der Waals surface area (Å²) in [5.74, 6) is 0.248. The summed E-state index contributed by atoms with van der Waals surface area (Å²) < 4.78 is 21.7. The van der Waals surface area contributed by atoms with E-state index < -0.39 is 0 Å². The van der Waals surface area contributed by atoms with Gasteiger partial charge in [-0.3, -0.25) is 4.79 Å². The molecule has 26 heavy (non-hydrogen) atoms. The zero-order chi connectivity index (χ0) is 18.4. The van der Waals surface area contributed by atoms with E-state index in [0.717, 1.165) is 48.0 Å². The van der Waals surface area contributed by atoms with Gasteiger partial charge in [-0.2, -0.15) is 0 Å². The van der Waals surface area contributed by atoms with Crippen molar-refractivity contribution in [3.05, 3.63) is 42.0 Å². The minimum atomic E-state index is -0.326. The summed E-state index contributed by atoms with van der Waals surface area (Å²) in [4.78, 5) is 12.3. The molecule has 0 spiro atoms. The molecule has 0 N–H and O–H groups in total. The third kappa shape index (κ3) is 4.74. The molecule has 5 heteroatoms. The van der Waals surface area contributed by atoms with E-state index in [1.165, 1.54) is 0 Å². The smallest absolute Gasteiger partial charge is 0.313 e. The molecular formula is C21H26O5. The fourth-order valence-electron chi connectivity index (χ4n) is 3.06. The van der Waals surface area contributed by atoms with Crippen LogP contribution in [-0.4, -0.2) is 39.2 Å². The van der Waals surface area contributed by atoms with Gasteiger partial charge in [0.25, 0.3) is 0 Å². The molecule has 5 nitrogen and oxygen atoms in total. The first-order valence-electron chi connectivity index (χ1n) is 9.15. The average Bonchev–Trinajstić information content (AvgIpc) is 2.70. The highest BCUT2D eigenvalue weighted by Crippen LogP contribution is 2.25. The highest BCUT2D eigenvalue weighted by Gasteiger charge is 2.18. The predicted molar refractivity (Wildman–Crippen MR) is 99.4 cm³/mol. The molecule has 140 valence electrons. The lowest BCUT2D eigenvalue weighted by Crippen LogP contribution is -2.25. The molecule has 3 rings (SSSR count). The van der Waals surface area contributed by atoms with E-state index in [4.69, 9.17) is 18.9 Å². The zero-order valence-corrected chi connectivity index (χ0v) is 15.4. The van der Waals surface area contributed by atoms with Crippen molar-refractivity contribution in [2.45, 2.75) is 38.4 Å². The molecule has 0 bridgehead atoms. The van der Waals surface area contributed by atoms with Gasteiger partial charge in [-0.05, 0) is 54.7 Å². The summed E-state index contributed by atoms with van der Waals surface area (Å²) in [6.07, 6.45) is 2.96. The Bertz CT molecular complexity index is 736. The van der Waals surface area contributed by atoms with Crippen molar-refractivity contribution in [2.75, 3.05) is 26.9 Å². The fourth-order valence-corrected chi connectivity index (χ4v) is 3.06. The van der Waals surface area contributed by atoms with Crippen LogP contribution >= 0.6 is 0 Å². The van der Waals surface area contributed by atoms with Crippen LogP contribution in [0.25, 0.3) is 10.8 Å². The van der Waals surface area contributed by atoms with Crippen LogP contribution in [0.2, 0.25) is 0 Å². The normalized spacial score (nSPS) is 18.5. The molecule has 2 aromatic rings. The van der Waals surface area contributed by atoms with Crippen molar-refractivity contribution >= 4 is 16.7 Å². The number of benzene rings is 2. The Morgan fingerprint density at radius 1 is 1.15 bits per heavy atom. The Morgan fingerprint density at radius 3 is 2.73 bits per heavy atom. The Morgan fingerprint density at radius 2 is 1.96 bits per heavy atom. The summed E-state index contributed by atoms with van der Waals surface area (Å²) in [5, 5.41) is 2.15. The molecular weight excluding hydrogens is 332 g/mol. The van der Waals surface area contributed by atoms with Crippen molar-refractivity contribution in [3.63, 3.8) is 0 Å². The molecule has 2 aromatic carbocycles. The molecule has 0 aromatic heterocycles. The maximum atomic E-state index is 12.3. The summed E-state index contributed by atoms with van der Waals surface area (Å²) in [7, 11) is 1.65. The first-order valence-corrected chi connectivity index (χ1v) is 9.15. The summed E-state index contributed by atoms with van der Waals surface area (Å²) in [6.45, 7) is 3.21. The van der Waals surface area contributed by atoms with Gasteiger partial charge in [0.2, 0.25) is 0 Å². The predicted octanol–water partition coefficient (Wildman–Crippen LogP) is 4.04. The molecule has 0 aliphatic carbocycles. The number of esters is 1. The molecule has 1 unspecified atom stereocenters. The van der Waals surface area contributed by atoms with E-state index in [1.807, 2.05) is 43.3 Å². The van der Waals surface area contributed by atoms with Gasteiger partial charge in [0, 0.05) is 6.61 Å². The first kappa shape index (κ1) is 18.7. The Kier molecular flexibility index (Phi) is 6.47. The summed E-state index contributed by atoms with van der Waals surface area (Å²) in [5.41, 5.74) is 0.934. The Hall–Kier alpha value is -2.11. The highest BCUT2D eigenvalue weighted by atomic mass is 16.7. The monoisotopic (exact) mass is 358 g/mol. The molecule has 1 aliphatic rings. The van der Waals surface area contributed by atoms with Crippen molar-refractivity contribution in [3.8, 4) is 5.75 Å². The number of hydrogen-bond donors (Lipinski definition) is 0. The quantitative estimate of drug-likeness (QED) is 0.552. The highest BCUT2D eigenvalue weighted by molar-refractivity contribution is 5.86. The second-order valence-electron chi connectivity index (χ2n) is 6.53. The van der Waals surface area contributed by atoms with Crippen molar-refractivity contribution in [1.82, 2.24) is 0 Å². The number of hydrogen-bond acceptors (Lipinski definition) is 5. The number of rotatable bonds is 7. The zero-order valence-electron chi connectivity index (χ0n) is 15.4. The lowest BCUT2D eigenvalue weighted by atomic mass is 9.98. The molecule has 0 saturated carbocycles. The van der Waals surface area contributed by atoms with Crippen molar-refractivity contribution in [2.24, 2.45) is 0 Å². The van der Waals surface area contributed by atoms with Gasteiger partial charge in [-0.1, -0.05) is 24.3 Å². The molecule has 1 aliphatic heterocycles. The lowest BCUT2D eigenvalue weighted by molar-refractivity contribution is -0.174. The second-order valence-corrected chi connectivity index (χ2v) is 6.53. The lowest BCUT2D eigenvalue weighted by Gasteiger charge is -2.22. The fraction of sp³-hybridized carbons (Fsp3) is 0.476. The number of carbonyl (C=O) groups is 1. The van der Waals surface area contributed by atoms with Crippen LogP contribution in [0, 0.1) is 0 Å². The van der Waals surface area contributed by atoms with Gasteiger partial charge in [0.05, 0.1) is 19.6 Å². The summed E-state index contributed by atoms with van der Waals surface area (Å²) >= 11 is 0. The molecule has 1 fully saturated rings. The number of fused-ring (bicyclic) bond motifs is 1. The van der Waals surface area contributed by atoms with Crippen LogP contribution < -0.4 is 4.74 Å². The molecule has 1 saturated heterocycles. The van der Waals surface area contributed by atoms with Crippen LogP contribution in [0.1, 0.15) is 37.7 Å². The Balaban J connectivity index is 1.51. The minimum absolute atomic E-state index is 0.155. The van der Waals surface area contributed by atoms with Crippen LogP contribution in [-0.2, 0) is 19.0 Å². The van der Waals surface area contributed by atoms with Gasteiger partial charge in [0.1, 0.15) is 12.4 Å². The minimum Gasteiger partial charge on any atom is -0.497 e. The topological polar surface area (TPSA) is 54.0 Å². The number of methoxy groups -OCH3 is 1. The summed E-state index contributed by atoms with van der Waals surface area (Å²) in [6, 6.07) is 11.9. The van der Waals surface area contributed by atoms with E-state index in [2.05, 4.69) is 0 Å². The molecule has 1 heterocycles. The van der Waals surface area contributed by atoms with Gasteiger partial charge in [-0.25, -0.2) is 0 Å². The number of ether oxygens (including phenoxy) is 4. The van der Waals surface area contributed by atoms with E-state index in [-0.39, 0.29) is 24.8 Å². The number of carbonyl (C=O) groups excluding carboxylic acids is 1. The van der Waals surface area contributed by atoms with Crippen LogP contribution in [0.5, 0.6) is 5.75 Å². The third-order valence-electron chi connectivity index (χ3n) is 4.69. The largest absolute Gasteiger partial charge is 0.497 e. The third-order valence-corrected chi connectivity index (χ3v) is 4.69. The van der Waals surface area contributed by atoms with Gasteiger partial charge in [-0.15, -0.1) is 0 Å². The van der Waals surface area contributed by atoms with Gasteiger partial charge in [0.15, 0.2) is 6.29 Å². The van der Waals surface area contributed by atoms with E-state index in [0.29, 0.717) is 6.61 Å². The SMILES string of the molecule is COc1ccc2cc([C@H](C)C(=O)OCCOC3CCCCO3)ccc2c1. The maximum absolute atomic E-state index is 12.3. The van der Waals surface area contributed by atoms with Crippen LogP contribution in [0.4, 0.5) is 0 Å². The molecule has 2 atom stereocenters. The van der Waals surface area contributed by atoms with E-state index >= 15 is 0 Å². The molecule has 0 radical (unpaired) electrons. The maximum Gasteiger partial charge on any atom is 0.313 e. The van der Waals surface area contributed by atoms with Crippen LogP contribution in [0.3, 0.4) is 0 Å². The van der Waals surface area contributed by atoms with Crippen molar-refractivity contribution in [1.29, 1.82) is 0 Å².